The monoisotopic (exact) mass is 427 g/mol. The molecule has 0 aliphatic rings. The molecule has 6 heteroatoms. The number of rotatable bonds is 17. The molecule has 0 saturated heterocycles. The van der Waals surface area contributed by atoms with E-state index in [4.69, 9.17) is 9.47 Å². The van der Waals surface area contributed by atoms with Crippen LogP contribution in [0.1, 0.15) is 74.6 Å². The molecule has 0 atom stereocenters. The van der Waals surface area contributed by atoms with Crippen molar-refractivity contribution in [3.05, 3.63) is 64.2 Å². The molecule has 2 aromatic rings. The first kappa shape index (κ1) is 24.4. The number of ether oxygens (including phenoxy) is 2. The second-order valence-corrected chi connectivity index (χ2v) is 7.67. The van der Waals surface area contributed by atoms with Crippen LogP contribution in [0.2, 0.25) is 0 Å². The highest BCUT2D eigenvalue weighted by atomic mass is 16.6. The second-order valence-electron chi connectivity index (χ2n) is 7.67. The summed E-state index contributed by atoms with van der Waals surface area (Å²) in [6, 6.07) is 13.5. The maximum Gasteiger partial charge on any atom is 0.269 e. The van der Waals surface area contributed by atoms with Gasteiger partial charge in [-0.05, 0) is 49.2 Å². The van der Waals surface area contributed by atoms with Crippen LogP contribution in [0.3, 0.4) is 0 Å². The Labute approximate surface area is 184 Å². The maximum absolute atomic E-state index is 10.6. The van der Waals surface area contributed by atoms with Crippen molar-refractivity contribution in [1.82, 2.24) is 0 Å². The van der Waals surface area contributed by atoms with Crippen molar-refractivity contribution < 1.29 is 19.2 Å². The minimum absolute atomic E-state index is 0.0860. The molecule has 2 aromatic carbocycles. The molecule has 0 amide bonds. The molecule has 0 radical (unpaired) electrons. The molecule has 0 saturated carbocycles. The SMILES string of the molecule is O=Cc1ccc(OCCCCCCCCCCCCOc2ccc([N+](=O)[O-])cc2)cc1. The number of hydrogen-bond acceptors (Lipinski definition) is 5. The lowest BCUT2D eigenvalue weighted by Gasteiger charge is -2.07. The van der Waals surface area contributed by atoms with Gasteiger partial charge in [-0.2, -0.15) is 0 Å². The number of benzene rings is 2. The molecule has 6 nitrogen and oxygen atoms in total. The van der Waals surface area contributed by atoms with Crippen molar-refractivity contribution in [3.63, 3.8) is 0 Å². The van der Waals surface area contributed by atoms with E-state index < -0.39 is 4.92 Å². The summed E-state index contributed by atoms with van der Waals surface area (Å²) in [6.45, 7) is 1.38. The van der Waals surface area contributed by atoms with Crippen LogP contribution in [0.4, 0.5) is 5.69 Å². The number of aldehydes is 1. The van der Waals surface area contributed by atoms with Crippen molar-refractivity contribution in [2.24, 2.45) is 0 Å². The highest BCUT2D eigenvalue weighted by Crippen LogP contribution is 2.18. The van der Waals surface area contributed by atoms with E-state index in [0.29, 0.717) is 17.9 Å². The van der Waals surface area contributed by atoms with E-state index in [-0.39, 0.29) is 5.69 Å². The predicted octanol–water partition coefficient (Wildman–Crippen LogP) is 6.77. The first-order chi connectivity index (χ1) is 15.2. The number of carbonyl (C=O) groups is 1. The van der Waals surface area contributed by atoms with Crippen LogP contribution in [0.25, 0.3) is 0 Å². The quantitative estimate of drug-likeness (QED) is 0.120. The smallest absolute Gasteiger partial charge is 0.269 e. The van der Waals surface area contributed by atoms with Crippen LogP contribution >= 0.6 is 0 Å². The van der Waals surface area contributed by atoms with Crippen LogP contribution in [0, 0.1) is 10.1 Å². The summed E-state index contributed by atoms with van der Waals surface area (Å²) in [5.74, 6) is 1.51. The number of nitro benzene ring substituents is 1. The summed E-state index contributed by atoms with van der Waals surface area (Å²) in [6.07, 6.45) is 12.8. The van der Waals surface area contributed by atoms with Crippen LogP contribution < -0.4 is 9.47 Å². The Hall–Kier alpha value is -2.89. The molecule has 0 heterocycles. The summed E-state index contributed by atoms with van der Waals surface area (Å²) in [5.41, 5.74) is 0.755. The van der Waals surface area contributed by atoms with Gasteiger partial charge in [0.1, 0.15) is 17.8 Å². The fourth-order valence-electron chi connectivity index (χ4n) is 3.31. The van der Waals surface area contributed by atoms with Gasteiger partial charge in [-0.15, -0.1) is 0 Å². The van der Waals surface area contributed by atoms with Gasteiger partial charge < -0.3 is 9.47 Å². The van der Waals surface area contributed by atoms with Gasteiger partial charge in [0.25, 0.3) is 5.69 Å². The van der Waals surface area contributed by atoms with Gasteiger partial charge in [-0.25, -0.2) is 0 Å². The van der Waals surface area contributed by atoms with E-state index in [9.17, 15) is 14.9 Å². The third-order valence-electron chi connectivity index (χ3n) is 5.14. The molecule has 31 heavy (non-hydrogen) atoms. The molecule has 0 bridgehead atoms. The number of nitrogens with zero attached hydrogens (tertiary/aromatic N) is 1. The number of nitro groups is 1. The van der Waals surface area contributed by atoms with Gasteiger partial charge in [0, 0.05) is 17.7 Å². The molecular formula is C25H33NO5. The number of hydrogen-bond donors (Lipinski definition) is 0. The van der Waals surface area contributed by atoms with Crippen molar-refractivity contribution in [1.29, 1.82) is 0 Å². The van der Waals surface area contributed by atoms with Gasteiger partial charge in [-0.1, -0.05) is 51.4 Å². The van der Waals surface area contributed by atoms with Crippen LogP contribution in [-0.2, 0) is 0 Å². The second kappa shape index (κ2) is 15.0. The summed E-state index contributed by atoms with van der Waals surface area (Å²) >= 11 is 0. The zero-order valence-electron chi connectivity index (χ0n) is 18.2. The van der Waals surface area contributed by atoms with Gasteiger partial charge in [0.05, 0.1) is 18.1 Å². The molecule has 0 aliphatic carbocycles. The van der Waals surface area contributed by atoms with Crippen molar-refractivity contribution in [3.8, 4) is 11.5 Å². The summed E-state index contributed by atoms with van der Waals surface area (Å²) in [5, 5.41) is 10.6. The fraction of sp³-hybridized carbons (Fsp3) is 0.480. The lowest BCUT2D eigenvalue weighted by molar-refractivity contribution is -0.384. The first-order valence-electron chi connectivity index (χ1n) is 11.2. The molecule has 0 N–H and O–H groups in total. The average Bonchev–Trinajstić information content (AvgIpc) is 2.80. The number of non-ortho nitro benzene ring substituents is 1. The van der Waals surface area contributed by atoms with E-state index in [1.54, 1.807) is 24.3 Å². The molecule has 0 fully saturated rings. The normalized spacial score (nSPS) is 10.6. The Morgan fingerprint density at radius 1 is 0.645 bits per heavy atom. The minimum Gasteiger partial charge on any atom is -0.494 e. The molecule has 0 unspecified atom stereocenters. The van der Waals surface area contributed by atoms with Crippen molar-refractivity contribution >= 4 is 12.0 Å². The lowest BCUT2D eigenvalue weighted by atomic mass is 10.1. The standard InChI is InChI=1S/C25H33NO5/c27-21-22-11-15-24(16-12-22)30-19-9-7-5-3-1-2-4-6-8-10-20-31-25-17-13-23(14-18-25)26(28)29/h11-18,21H,1-10,19-20H2. The fourth-order valence-corrected chi connectivity index (χ4v) is 3.31. The molecule has 0 aliphatic heterocycles. The number of carbonyl (C=O) groups excluding carboxylic acids is 1. The Bertz CT molecular complexity index is 758. The van der Waals surface area contributed by atoms with E-state index in [2.05, 4.69) is 0 Å². The zero-order chi connectivity index (χ0) is 22.2. The number of unbranched alkanes of at least 4 members (excludes halogenated alkanes) is 9. The van der Waals surface area contributed by atoms with Crippen LogP contribution in [-0.4, -0.2) is 24.4 Å². The Kier molecular flexibility index (Phi) is 11.8. The van der Waals surface area contributed by atoms with E-state index >= 15 is 0 Å². The highest BCUT2D eigenvalue weighted by Gasteiger charge is 2.04. The molecule has 2 rings (SSSR count). The van der Waals surface area contributed by atoms with Crippen LogP contribution in [0.15, 0.2) is 48.5 Å². The van der Waals surface area contributed by atoms with Gasteiger partial charge in [0.2, 0.25) is 0 Å². The van der Waals surface area contributed by atoms with Gasteiger partial charge in [-0.3, -0.25) is 14.9 Å². The van der Waals surface area contributed by atoms with E-state index in [0.717, 1.165) is 37.9 Å². The highest BCUT2D eigenvalue weighted by molar-refractivity contribution is 5.74. The molecule has 0 spiro atoms. The third kappa shape index (κ3) is 10.6. The van der Waals surface area contributed by atoms with E-state index in [1.165, 1.54) is 57.1 Å². The zero-order valence-corrected chi connectivity index (χ0v) is 18.2. The Morgan fingerprint density at radius 2 is 1.03 bits per heavy atom. The third-order valence-corrected chi connectivity index (χ3v) is 5.14. The predicted molar refractivity (Wildman–Crippen MR) is 122 cm³/mol. The lowest BCUT2D eigenvalue weighted by Crippen LogP contribution is -1.97. The topological polar surface area (TPSA) is 78.7 Å². The average molecular weight is 428 g/mol. The van der Waals surface area contributed by atoms with E-state index in [1.807, 2.05) is 12.1 Å². The van der Waals surface area contributed by atoms with Gasteiger partial charge >= 0.3 is 0 Å². The molecule has 168 valence electrons. The first-order valence-corrected chi connectivity index (χ1v) is 11.2. The molecule has 0 aromatic heterocycles. The van der Waals surface area contributed by atoms with Gasteiger partial charge in [0.15, 0.2) is 0 Å². The Balaban J connectivity index is 1.34. The minimum atomic E-state index is -0.406. The van der Waals surface area contributed by atoms with Crippen LogP contribution in [0.5, 0.6) is 11.5 Å². The summed E-state index contributed by atoms with van der Waals surface area (Å²) in [7, 11) is 0. The molecular weight excluding hydrogens is 394 g/mol. The summed E-state index contributed by atoms with van der Waals surface area (Å²) in [4.78, 5) is 20.8. The Morgan fingerprint density at radius 3 is 1.42 bits per heavy atom. The summed E-state index contributed by atoms with van der Waals surface area (Å²) < 4.78 is 11.3. The largest absolute Gasteiger partial charge is 0.494 e. The van der Waals surface area contributed by atoms with Crippen molar-refractivity contribution in [2.75, 3.05) is 13.2 Å². The van der Waals surface area contributed by atoms with Crippen molar-refractivity contribution in [2.45, 2.75) is 64.2 Å². The maximum atomic E-state index is 10.6.